The summed E-state index contributed by atoms with van der Waals surface area (Å²) in [5.74, 6) is 0. The van der Waals surface area contributed by atoms with Gasteiger partial charge in [-0.1, -0.05) is 11.6 Å². The van der Waals surface area contributed by atoms with Crippen molar-refractivity contribution < 1.29 is 22.0 Å². The van der Waals surface area contributed by atoms with E-state index >= 15 is 0 Å². The lowest BCUT2D eigenvalue weighted by Crippen LogP contribution is -3.00. The third-order valence-corrected chi connectivity index (χ3v) is 1.26. The van der Waals surface area contributed by atoms with E-state index in [1.807, 2.05) is 0 Å². The first-order valence-electron chi connectivity index (χ1n) is 3.04. The molecule has 0 aromatic rings. The number of hydrogen-bond donors (Lipinski definition) is 1. The minimum absolute atomic E-state index is 0. The van der Waals surface area contributed by atoms with Crippen LogP contribution in [0, 0.1) is 0 Å². The number of alkyl halides is 1. The maximum Gasteiger partial charge on any atom is 0.133 e. The molecule has 0 aromatic carbocycles. The molecule has 0 radical (unpaired) electrons. The van der Waals surface area contributed by atoms with Crippen molar-refractivity contribution >= 4 is 11.6 Å². The summed E-state index contributed by atoms with van der Waals surface area (Å²) in [7, 11) is 6.21. The van der Waals surface area contributed by atoms with Crippen LogP contribution in [0.5, 0.6) is 0 Å². The summed E-state index contributed by atoms with van der Waals surface area (Å²) in [5.41, 5.74) is -0.678. The van der Waals surface area contributed by atoms with E-state index in [1.165, 1.54) is 0 Å². The molecule has 0 rings (SSSR count). The molecule has 1 atom stereocenters. The minimum atomic E-state index is -0.678. The highest BCUT2D eigenvalue weighted by Crippen LogP contribution is 2.00. The SMILES string of the molecule is C[N+](C)(C)CCC(O)Cl.[Cl-]. The summed E-state index contributed by atoms with van der Waals surface area (Å²) in [4.78, 5) is 0. The second-order valence-electron chi connectivity index (χ2n) is 3.24. The molecule has 0 spiro atoms. The molecule has 0 saturated carbocycles. The Balaban J connectivity index is 0. The fourth-order valence-corrected chi connectivity index (χ4v) is 0.591. The van der Waals surface area contributed by atoms with E-state index in [-0.39, 0.29) is 12.4 Å². The monoisotopic (exact) mass is 187 g/mol. The third kappa shape index (κ3) is 11.3. The van der Waals surface area contributed by atoms with Crippen molar-refractivity contribution in [1.82, 2.24) is 0 Å². The van der Waals surface area contributed by atoms with Gasteiger partial charge in [0, 0.05) is 6.42 Å². The zero-order chi connectivity index (χ0) is 7.49. The molecule has 64 valence electrons. The molecule has 1 N–H and O–H groups in total. The molecule has 0 saturated heterocycles. The van der Waals surface area contributed by atoms with Gasteiger partial charge in [0.2, 0.25) is 0 Å². The Morgan fingerprint density at radius 1 is 1.40 bits per heavy atom. The average molecular weight is 188 g/mol. The van der Waals surface area contributed by atoms with Crippen LogP contribution >= 0.6 is 11.6 Å². The van der Waals surface area contributed by atoms with Crippen LogP contribution in [0.2, 0.25) is 0 Å². The molecule has 4 heteroatoms. The van der Waals surface area contributed by atoms with Gasteiger partial charge in [-0.15, -0.1) is 0 Å². The van der Waals surface area contributed by atoms with Crippen LogP contribution in [0.25, 0.3) is 0 Å². The predicted octanol–water partition coefficient (Wildman–Crippen LogP) is -2.36. The number of halogens is 2. The van der Waals surface area contributed by atoms with Crippen molar-refractivity contribution in [1.29, 1.82) is 0 Å². The van der Waals surface area contributed by atoms with Crippen molar-refractivity contribution in [3.8, 4) is 0 Å². The summed E-state index contributed by atoms with van der Waals surface area (Å²) in [6, 6.07) is 0. The predicted molar refractivity (Wildman–Crippen MR) is 39.4 cm³/mol. The number of nitrogens with zero attached hydrogens (tertiary/aromatic N) is 1. The molecule has 2 nitrogen and oxygen atoms in total. The van der Waals surface area contributed by atoms with E-state index in [2.05, 4.69) is 21.1 Å². The van der Waals surface area contributed by atoms with Crippen molar-refractivity contribution in [2.24, 2.45) is 0 Å². The minimum Gasteiger partial charge on any atom is -1.00 e. The van der Waals surface area contributed by atoms with E-state index in [0.717, 1.165) is 11.0 Å². The number of hydrogen-bond acceptors (Lipinski definition) is 1. The van der Waals surface area contributed by atoms with Crippen molar-refractivity contribution in [2.45, 2.75) is 12.0 Å². The van der Waals surface area contributed by atoms with Gasteiger partial charge in [-0.25, -0.2) is 0 Å². The Labute approximate surface area is 73.8 Å². The number of quaternary nitrogens is 1. The average Bonchev–Trinajstić information content (AvgIpc) is 1.59. The molecular formula is C6H15Cl2NO. The summed E-state index contributed by atoms with van der Waals surface area (Å²) in [6.45, 7) is 0.907. The fourth-order valence-electron chi connectivity index (χ4n) is 0.494. The maximum absolute atomic E-state index is 8.67. The van der Waals surface area contributed by atoms with Crippen molar-refractivity contribution in [3.63, 3.8) is 0 Å². The first-order valence-corrected chi connectivity index (χ1v) is 3.48. The van der Waals surface area contributed by atoms with Gasteiger partial charge in [0.05, 0.1) is 27.7 Å². The molecule has 1 unspecified atom stereocenters. The molecular weight excluding hydrogens is 173 g/mol. The van der Waals surface area contributed by atoms with E-state index in [4.69, 9.17) is 16.7 Å². The highest BCUT2D eigenvalue weighted by molar-refractivity contribution is 6.19. The van der Waals surface area contributed by atoms with Gasteiger partial charge in [-0.05, 0) is 0 Å². The van der Waals surface area contributed by atoms with Gasteiger partial charge in [-0.3, -0.25) is 0 Å². The summed E-state index contributed by atoms with van der Waals surface area (Å²) in [6.07, 6.45) is 0.658. The lowest BCUT2D eigenvalue weighted by molar-refractivity contribution is -0.870. The Kier molecular flexibility index (Phi) is 6.81. The third-order valence-electron chi connectivity index (χ3n) is 1.04. The zero-order valence-corrected chi connectivity index (χ0v) is 8.15. The van der Waals surface area contributed by atoms with Gasteiger partial charge in [0.15, 0.2) is 0 Å². The van der Waals surface area contributed by atoms with Crippen LogP contribution in [-0.4, -0.2) is 42.8 Å². The lowest BCUT2D eigenvalue weighted by Gasteiger charge is -2.23. The molecule has 0 heterocycles. The molecule has 0 aliphatic rings. The van der Waals surface area contributed by atoms with Gasteiger partial charge >= 0.3 is 0 Å². The zero-order valence-electron chi connectivity index (χ0n) is 6.64. The standard InChI is InChI=1S/C6H15ClNO.ClH/c1-8(2,3)5-4-6(7)9;/h6,9H,4-5H2,1-3H3;1H/q+1;/p-1. The van der Waals surface area contributed by atoms with Crippen molar-refractivity contribution in [2.75, 3.05) is 27.7 Å². The van der Waals surface area contributed by atoms with Gasteiger partial charge < -0.3 is 22.0 Å². The maximum atomic E-state index is 8.67. The van der Waals surface area contributed by atoms with Crippen LogP contribution in [0.15, 0.2) is 0 Å². The van der Waals surface area contributed by atoms with Crippen LogP contribution in [0.4, 0.5) is 0 Å². The quantitative estimate of drug-likeness (QED) is 0.388. The van der Waals surface area contributed by atoms with Gasteiger partial charge in [-0.2, -0.15) is 0 Å². The molecule has 0 aliphatic heterocycles. The molecule has 0 fully saturated rings. The van der Waals surface area contributed by atoms with Gasteiger partial charge in [0.1, 0.15) is 5.56 Å². The second kappa shape index (κ2) is 5.19. The van der Waals surface area contributed by atoms with Gasteiger partial charge in [0.25, 0.3) is 0 Å². The summed E-state index contributed by atoms with van der Waals surface area (Å²) < 4.78 is 0.851. The fraction of sp³-hybridized carbons (Fsp3) is 1.00. The molecule has 0 aromatic heterocycles. The highest BCUT2D eigenvalue weighted by atomic mass is 35.5. The molecule has 0 amide bonds. The van der Waals surface area contributed by atoms with E-state index < -0.39 is 5.56 Å². The largest absolute Gasteiger partial charge is 1.00 e. The summed E-state index contributed by atoms with van der Waals surface area (Å²) >= 11 is 5.33. The van der Waals surface area contributed by atoms with Crippen LogP contribution in [0.3, 0.4) is 0 Å². The lowest BCUT2D eigenvalue weighted by atomic mass is 10.4. The number of aliphatic hydroxyl groups excluding tert-OH is 1. The van der Waals surface area contributed by atoms with E-state index in [9.17, 15) is 0 Å². The Hall–Kier alpha value is 0.500. The highest BCUT2D eigenvalue weighted by Gasteiger charge is 2.08. The Bertz CT molecular complexity index is 80.3. The Morgan fingerprint density at radius 2 is 1.80 bits per heavy atom. The number of rotatable bonds is 3. The summed E-state index contributed by atoms with van der Waals surface area (Å²) in [5, 5.41) is 8.67. The molecule has 10 heavy (non-hydrogen) atoms. The topological polar surface area (TPSA) is 20.2 Å². The van der Waals surface area contributed by atoms with Crippen molar-refractivity contribution in [3.05, 3.63) is 0 Å². The van der Waals surface area contributed by atoms with Crippen LogP contribution in [0.1, 0.15) is 6.42 Å². The van der Waals surface area contributed by atoms with E-state index in [0.29, 0.717) is 6.42 Å². The van der Waals surface area contributed by atoms with Crippen LogP contribution in [-0.2, 0) is 0 Å². The number of aliphatic hydroxyl groups is 1. The van der Waals surface area contributed by atoms with Crippen LogP contribution < -0.4 is 12.4 Å². The first kappa shape index (κ1) is 13.1. The van der Waals surface area contributed by atoms with E-state index in [1.54, 1.807) is 0 Å². The smallest absolute Gasteiger partial charge is 0.133 e. The molecule has 0 aliphatic carbocycles. The Morgan fingerprint density at radius 3 is 1.90 bits per heavy atom. The molecule has 0 bridgehead atoms. The second-order valence-corrected chi connectivity index (χ2v) is 3.74. The first-order chi connectivity index (χ1) is 3.92. The normalized spacial score (nSPS) is 14.1.